The van der Waals surface area contributed by atoms with Crippen molar-refractivity contribution in [2.75, 3.05) is 11.5 Å². The summed E-state index contributed by atoms with van der Waals surface area (Å²) >= 11 is 2.78. The molecule has 0 fully saturated rings. The van der Waals surface area contributed by atoms with Gasteiger partial charge in [0.05, 0.1) is 6.42 Å². The monoisotopic (exact) mass is 941 g/mol. The Hall–Kier alpha value is -6.86. The van der Waals surface area contributed by atoms with E-state index in [4.69, 9.17) is 11.5 Å². The van der Waals surface area contributed by atoms with Crippen molar-refractivity contribution in [3.63, 3.8) is 0 Å². The lowest BCUT2D eigenvalue weighted by Crippen LogP contribution is -2.60. The average molecular weight is 942 g/mol. The molecule has 0 radical (unpaired) electrons. The fourth-order valence-corrected chi connectivity index (χ4v) is 8.34. The van der Waals surface area contributed by atoms with E-state index >= 15 is 0 Å². The first kappa shape index (κ1) is 51.8. The van der Waals surface area contributed by atoms with E-state index in [0.29, 0.717) is 28.4 Å². The van der Waals surface area contributed by atoms with Crippen molar-refractivity contribution in [3.8, 4) is 5.75 Å². The molecule has 19 heteroatoms. The number of hydrogen-bond donors (Lipinski definition) is 9. The molecule has 0 saturated carbocycles. The third-order valence-electron chi connectivity index (χ3n) is 9.89. The lowest BCUT2D eigenvalue weighted by molar-refractivity contribution is -0.141. The molecule has 4 aromatic carbocycles. The minimum Gasteiger partial charge on any atom is -0.508 e. The highest BCUT2D eigenvalue weighted by Gasteiger charge is 2.33. The first-order valence-electron chi connectivity index (χ1n) is 21.0. The minimum absolute atomic E-state index is 0.00610. The summed E-state index contributed by atoms with van der Waals surface area (Å²) in [6.45, 7) is 0. The fourth-order valence-electron chi connectivity index (χ4n) is 6.43. The van der Waals surface area contributed by atoms with Gasteiger partial charge in [-0.25, -0.2) is 4.79 Å². The van der Waals surface area contributed by atoms with Gasteiger partial charge in [0.25, 0.3) is 0 Å². The number of carboxylic acids is 1. The highest BCUT2D eigenvalue weighted by atomic mass is 32.2. The van der Waals surface area contributed by atoms with Crippen molar-refractivity contribution >= 4 is 70.8 Å². The van der Waals surface area contributed by atoms with E-state index in [2.05, 4.69) is 26.6 Å². The van der Waals surface area contributed by atoms with Crippen molar-refractivity contribution in [1.82, 2.24) is 26.6 Å². The van der Waals surface area contributed by atoms with Gasteiger partial charge in [-0.15, -0.1) is 0 Å². The standard InChI is InChI=1S/C47H55N7O10S2/c48-40(56)21-20-35(43(59)53-38(26-41(49)57)46(62)54-39(47(63)64)29-66-28-33-14-8-3-9-15-33)51-45(61)37(24-30-10-4-1-5-11-30)52-44(60)36(25-31-16-18-34(55)19-17-31)50-42(58)22-23-65-27-32-12-6-2-7-13-32/h1-19,35-39,55H,20-29H2,(H2,48,56)(H2,49,57)(H,50,58)(H,51,61)(H,52,60)(H,53,59)(H,54,62)(H,63,64)/t35-,36-,37-,38-,39-/m0/s1. The van der Waals surface area contributed by atoms with Crippen LogP contribution in [0.15, 0.2) is 115 Å². The molecule has 0 aliphatic carbocycles. The fraction of sp³-hybridized carbons (Fsp3) is 0.319. The van der Waals surface area contributed by atoms with Gasteiger partial charge in [0.2, 0.25) is 41.4 Å². The van der Waals surface area contributed by atoms with Crippen LogP contribution in [0, 0.1) is 0 Å². The van der Waals surface area contributed by atoms with Crippen LogP contribution in [0.1, 0.15) is 47.9 Å². The van der Waals surface area contributed by atoms with Crippen LogP contribution in [0.3, 0.4) is 0 Å². The van der Waals surface area contributed by atoms with Crippen molar-refractivity contribution < 1.29 is 48.6 Å². The number of carbonyl (C=O) groups is 8. The molecular weight excluding hydrogens is 887 g/mol. The first-order valence-corrected chi connectivity index (χ1v) is 23.3. The number of thioether (sulfide) groups is 2. The number of phenols is 1. The van der Waals surface area contributed by atoms with Gasteiger partial charge in [0.1, 0.15) is 36.0 Å². The number of primary amides is 2. The molecule has 350 valence electrons. The van der Waals surface area contributed by atoms with Gasteiger partial charge in [0.15, 0.2) is 0 Å². The lowest BCUT2D eigenvalue weighted by atomic mass is 10.0. The number of phenolic OH excluding ortho intramolecular Hbond substituents is 1. The maximum Gasteiger partial charge on any atom is 0.327 e. The van der Waals surface area contributed by atoms with E-state index in [0.717, 1.165) is 11.1 Å². The van der Waals surface area contributed by atoms with E-state index in [1.165, 1.54) is 23.9 Å². The zero-order valence-corrected chi connectivity index (χ0v) is 37.7. The van der Waals surface area contributed by atoms with E-state index in [1.807, 2.05) is 60.7 Å². The summed E-state index contributed by atoms with van der Waals surface area (Å²) in [7, 11) is 0. The SMILES string of the molecule is NC(=O)CC[C@H](NC(=O)[C@H](Cc1ccccc1)NC(=O)[C@H](Cc1ccc(O)cc1)NC(=O)CCSCc1ccccc1)C(=O)N[C@@H](CC(N)=O)C(=O)N[C@@H](CSCc1ccccc1)C(=O)O. The number of amides is 7. The number of nitrogens with one attached hydrogen (secondary N) is 5. The zero-order chi connectivity index (χ0) is 47.8. The molecule has 0 aromatic heterocycles. The smallest absolute Gasteiger partial charge is 0.327 e. The quantitative estimate of drug-likeness (QED) is 0.0370. The van der Waals surface area contributed by atoms with E-state index < -0.39 is 90.4 Å². The molecule has 5 atom stereocenters. The summed E-state index contributed by atoms with van der Waals surface area (Å²) in [5.74, 6) is -5.82. The normalized spacial score (nSPS) is 13.1. The second-order valence-electron chi connectivity index (χ2n) is 15.2. The van der Waals surface area contributed by atoms with Gasteiger partial charge in [-0.2, -0.15) is 23.5 Å². The molecule has 0 unspecified atom stereocenters. The van der Waals surface area contributed by atoms with Crippen molar-refractivity contribution in [2.24, 2.45) is 11.5 Å². The highest BCUT2D eigenvalue weighted by molar-refractivity contribution is 7.98. The van der Waals surface area contributed by atoms with Crippen molar-refractivity contribution in [2.45, 2.75) is 80.2 Å². The van der Waals surface area contributed by atoms with Crippen molar-refractivity contribution in [1.29, 1.82) is 0 Å². The van der Waals surface area contributed by atoms with Gasteiger partial charge in [-0.3, -0.25) is 33.6 Å². The summed E-state index contributed by atoms with van der Waals surface area (Å²) in [6.07, 6.45) is -1.56. The molecule has 17 nitrogen and oxygen atoms in total. The van der Waals surface area contributed by atoms with E-state index in [-0.39, 0.29) is 37.2 Å². The number of benzene rings is 4. The van der Waals surface area contributed by atoms with Crippen LogP contribution in [0.5, 0.6) is 5.75 Å². The molecule has 0 bridgehead atoms. The third-order valence-corrected chi connectivity index (χ3v) is 12.0. The van der Waals surface area contributed by atoms with Crippen LogP contribution >= 0.6 is 23.5 Å². The number of hydrogen-bond acceptors (Lipinski definition) is 11. The largest absolute Gasteiger partial charge is 0.508 e. The van der Waals surface area contributed by atoms with Gasteiger partial charge in [-0.1, -0.05) is 103 Å². The minimum atomic E-state index is -1.69. The number of carbonyl (C=O) groups excluding carboxylic acids is 7. The van der Waals surface area contributed by atoms with Gasteiger partial charge < -0.3 is 48.3 Å². The maximum absolute atomic E-state index is 14.2. The van der Waals surface area contributed by atoms with Gasteiger partial charge >= 0.3 is 5.97 Å². The second-order valence-corrected chi connectivity index (χ2v) is 17.4. The van der Waals surface area contributed by atoms with Gasteiger partial charge in [0, 0.05) is 48.7 Å². The number of carboxylic acid groups (broad SMARTS) is 1. The van der Waals surface area contributed by atoms with Crippen LogP contribution in [-0.4, -0.2) is 99.2 Å². The molecule has 7 amide bonds. The Labute approximate surface area is 391 Å². The Morgan fingerprint density at radius 3 is 1.45 bits per heavy atom. The van der Waals surface area contributed by atoms with E-state index in [9.17, 15) is 48.6 Å². The topological polar surface area (TPSA) is 289 Å². The zero-order valence-electron chi connectivity index (χ0n) is 36.1. The molecule has 0 aliphatic rings. The number of rotatable bonds is 28. The molecule has 4 aromatic rings. The van der Waals surface area contributed by atoms with Crippen LogP contribution in [-0.2, 0) is 62.7 Å². The molecular formula is C47H55N7O10S2. The van der Waals surface area contributed by atoms with E-state index in [1.54, 1.807) is 54.2 Å². The Bertz CT molecular complexity index is 2240. The Morgan fingerprint density at radius 2 is 0.924 bits per heavy atom. The summed E-state index contributed by atoms with van der Waals surface area (Å²) in [5.41, 5.74) is 14.0. The second kappa shape index (κ2) is 27.5. The van der Waals surface area contributed by atoms with Crippen LogP contribution in [0.4, 0.5) is 0 Å². The predicted molar refractivity (Wildman–Crippen MR) is 251 cm³/mol. The molecule has 0 saturated heterocycles. The summed E-state index contributed by atoms with van der Waals surface area (Å²) < 4.78 is 0. The summed E-state index contributed by atoms with van der Waals surface area (Å²) in [6, 6.07) is 26.4. The molecule has 0 spiro atoms. The van der Waals surface area contributed by atoms with Gasteiger partial charge in [-0.05, 0) is 40.8 Å². The maximum atomic E-state index is 14.2. The van der Waals surface area contributed by atoms with Crippen molar-refractivity contribution in [3.05, 3.63) is 138 Å². The number of nitrogens with two attached hydrogens (primary N) is 2. The van der Waals surface area contributed by atoms with Crippen LogP contribution in [0.25, 0.3) is 0 Å². The number of aromatic hydroxyl groups is 1. The third kappa shape index (κ3) is 19.1. The van der Waals surface area contributed by atoms with Crippen LogP contribution in [0.2, 0.25) is 0 Å². The number of aliphatic carboxylic acids is 1. The molecule has 0 aliphatic heterocycles. The molecule has 11 N–H and O–H groups in total. The Balaban J connectivity index is 1.52. The summed E-state index contributed by atoms with van der Waals surface area (Å²) in [5, 5.41) is 32.5. The first-order chi connectivity index (χ1) is 31.7. The predicted octanol–water partition coefficient (Wildman–Crippen LogP) is 2.08. The van der Waals surface area contributed by atoms with Crippen LogP contribution < -0.4 is 38.1 Å². The highest BCUT2D eigenvalue weighted by Crippen LogP contribution is 2.16. The lowest BCUT2D eigenvalue weighted by Gasteiger charge is -2.27. The molecule has 4 rings (SSSR count). The molecule has 66 heavy (non-hydrogen) atoms. The molecule has 0 heterocycles. The Morgan fingerprint density at radius 1 is 0.485 bits per heavy atom. The average Bonchev–Trinajstić information content (AvgIpc) is 3.29. The summed E-state index contributed by atoms with van der Waals surface area (Å²) in [4.78, 5) is 105. The Kier molecular flexibility index (Phi) is 21.5.